The third kappa shape index (κ3) is 2.19. The lowest BCUT2D eigenvalue weighted by Crippen LogP contribution is -2.29. The van der Waals surface area contributed by atoms with Crippen LogP contribution in [0.3, 0.4) is 0 Å². The maximum absolute atomic E-state index is 5.71. The lowest BCUT2D eigenvalue weighted by atomic mass is 9.97. The molecule has 0 aliphatic carbocycles. The molecule has 1 heterocycles. The van der Waals surface area contributed by atoms with Gasteiger partial charge in [-0.1, -0.05) is 42.5 Å². The monoisotopic (exact) mass is 250 g/mol. The molecule has 0 saturated heterocycles. The zero-order valence-electron chi connectivity index (χ0n) is 10.3. The molecule has 1 aromatic heterocycles. The summed E-state index contributed by atoms with van der Waals surface area (Å²) in [7, 11) is 0. The fraction of sp³-hybridized carbons (Fsp3) is 0.0667. The first-order chi connectivity index (χ1) is 9.40. The van der Waals surface area contributed by atoms with Crippen LogP contribution < -0.4 is 11.3 Å². The summed E-state index contributed by atoms with van der Waals surface area (Å²) in [6.45, 7) is 0. The van der Waals surface area contributed by atoms with Gasteiger partial charge in [-0.05, 0) is 16.3 Å². The first-order valence-corrected chi connectivity index (χ1v) is 6.10. The van der Waals surface area contributed by atoms with Gasteiger partial charge in [-0.2, -0.15) is 0 Å². The molecule has 0 radical (unpaired) electrons. The quantitative estimate of drug-likeness (QED) is 0.552. The van der Waals surface area contributed by atoms with Gasteiger partial charge < -0.3 is 0 Å². The normalized spacial score (nSPS) is 12.5. The molecule has 94 valence electrons. The van der Waals surface area contributed by atoms with E-state index in [-0.39, 0.29) is 6.04 Å². The van der Waals surface area contributed by atoms with Gasteiger partial charge in [-0.25, -0.2) is 5.43 Å². The van der Waals surface area contributed by atoms with Gasteiger partial charge in [-0.3, -0.25) is 15.8 Å². The highest BCUT2D eigenvalue weighted by molar-refractivity contribution is 5.86. The molecular weight excluding hydrogens is 236 g/mol. The Bertz CT molecular complexity index is 677. The lowest BCUT2D eigenvalue weighted by Gasteiger charge is -2.17. The molecule has 0 saturated carbocycles. The Morgan fingerprint density at radius 3 is 2.63 bits per heavy atom. The van der Waals surface area contributed by atoms with Crippen molar-refractivity contribution in [3.8, 4) is 0 Å². The van der Waals surface area contributed by atoms with Crippen molar-refractivity contribution >= 4 is 10.8 Å². The smallest absolute Gasteiger partial charge is 0.0903 e. The van der Waals surface area contributed by atoms with Gasteiger partial charge in [0.25, 0.3) is 0 Å². The molecule has 1 atom stereocenters. The molecule has 0 spiro atoms. The number of nitrogens with zero attached hydrogens (tertiary/aromatic N) is 2. The Morgan fingerprint density at radius 2 is 1.84 bits per heavy atom. The van der Waals surface area contributed by atoms with Crippen LogP contribution >= 0.6 is 0 Å². The van der Waals surface area contributed by atoms with Gasteiger partial charge >= 0.3 is 0 Å². The van der Waals surface area contributed by atoms with Crippen LogP contribution in [0.2, 0.25) is 0 Å². The minimum Gasteiger partial charge on any atom is -0.271 e. The van der Waals surface area contributed by atoms with E-state index in [1.807, 2.05) is 18.2 Å². The van der Waals surface area contributed by atoms with Gasteiger partial charge in [0.05, 0.1) is 17.9 Å². The van der Waals surface area contributed by atoms with E-state index >= 15 is 0 Å². The fourth-order valence-electron chi connectivity index (χ4n) is 2.30. The number of nitrogens with one attached hydrogen (secondary N) is 1. The second-order valence-corrected chi connectivity index (χ2v) is 4.30. The van der Waals surface area contributed by atoms with E-state index in [9.17, 15) is 0 Å². The number of rotatable bonds is 3. The summed E-state index contributed by atoms with van der Waals surface area (Å²) in [4.78, 5) is 8.43. The van der Waals surface area contributed by atoms with E-state index < -0.39 is 0 Å². The standard InChI is InChI=1S/C15H14N4/c16-19-15(14-10-17-8-9-18-14)13-7-3-5-11-4-1-2-6-12(11)13/h1-10,15,19H,16H2. The van der Waals surface area contributed by atoms with Gasteiger partial charge in [0.15, 0.2) is 0 Å². The Hall–Kier alpha value is -2.30. The SMILES string of the molecule is NNC(c1cnccn1)c1cccc2ccccc12. The van der Waals surface area contributed by atoms with Gasteiger partial charge in [0.2, 0.25) is 0 Å². The largest absolute Gasteiger partial charge is 0.271 e. The molecule has 1 unspecified atom stereocenters. The van der Waals surface area contributed by atoms with Crippen molar-refractivity contribution < 1.29 is 0 Å². The number of aromatic nitrogens is 2. The van der Waals surface area contributed by atoms with Crippen molar-refractivity contribution in [2.24, 2.45) is 5.84 Å². The van der Waals surface area contributed by atoms with Crippen LogP contribution in [0.5, 0.6) is 0 Å². The van der Waals surface area contributed by atoms with Gasteiger partial charge in [0, 0.05) is 12.4 Å². The number of nitrogens with two attached hydrogens (primary N) is 1. The highest BCUT2D eigenvalue weighted by atomic mass is 15.2. The lowest BCUT2D eigenvalue weighted by molar-refractivity contribution is 0.621. The second-order valence-electron chi connectivity index (χ2n) is 4.30. The summed E-state index contributed by atoms with van der Waals surface area (Å²) < 4.78 is 0. The van der Waals surface area contributed by atoms with Crippen molar-refractivity contribution in [2.45, 2.75) is 6.04 Å². The molecular formula is C15H14N4. The number of hydrogen-bond donors (Lipinski definition) is 2. The van der Waals surface area contributed by atoms with E-state index in [0.29, 0.717) is 0 Å². The molecule has 0 aliphatic heterocycles. The van der Waals surface area contributed by atoms with Crippen LogP contribution in [0.1, 0.15) is 17.3 Å². The zero-order valence-corrected chi connectivity index (χ0v) is 10.3. The van der Waals surface area contributed by atoms with Crippen LogP contribution in [0, 0.1) is 0 Å². The summed E-state index contributed by atoms with van der Waals surface area (Å²) in [5, 5.41) is 2.35. The van der Waals surface area contributed by atoms with Crippen LogP contribution in [0.4, 0.5) is 0 Å². The van der Waals surface area contributed by atoms with Crippen molar-refractivity contribution in [2.75, 3.05) is 0 Å². The van der Waals surface area contributed by atoms with Crippen molar-refractivity contribution in [3.63, 3.8) is 0 Å². The Balaban J connectivity index is 2.17. The molecule has 0 fully saturated rings. The van der Waals surface area contributed by atoms with Crippen LogP contribution in [-0.2, 0) is 0 Å². The third-order valence-corrected chi connectivity index (χ3v) is 3.18. The predicted octanol–water partition coefficient (Wildman–Crippen LogP) is 2.18. The summed E-state index contributed by atoms with van der Waals surface area (Å²) in [6, 6.07) is 14.2. The minimum atomic E-state index is -0.167. The van der Waals surface area contributed by atoms with Gasteiger partial charge in [0.1, 0.15) is 0 Å². The maximum atomic E-state index is 5.71. The van der Waals surface area contributed by atoms with Crippen LogP contribution in [0.15, 0.2) is 61.1 Å². The van der Waals surface area contributed by atoms with E-state index in [2.05, 4.69) is 39.7 Å². The van der Waals surface area contributed by atoms with Crippen molar-refractivity contribution in [1.82, 2.24) is 15.4 Å². The van der Waals surface area contributed by atoms with Crippen LogP contribution in [-0.4, -0.2) is 9.97 Å². The minimum absolute atomic E-state index is 0.167. The maximum Gasteiger partial charge on any atom is 0.0903 e. The van der Waals surface area contributed by atoms with E-state index in [1.165, 1.54) is 10.8 Å². The Morgan fingerprint density at radius 1 is 1.00 bits per heavy atom. The molecule has 2 aromatic carbocycles. The number of fused-ring (bicyclic) bond motifs is 1. The first kappa shape index (κ1) is 11.8. The van der Waals surface area contributed by atoms with E-state index in [1.54, 1.807) is 18.6 Å². The Labute approximate surface area is 111 Å². The molecule has 4 nitrogen and oxygen atoms in total. The number of hydrogen-bond acceptors (Lipinski definition) is 4. The average Bonchev–Trinajstić information content (AvgIpc) is 2.49. The second kappa shape index (κ2) is 5.14. The molecule has 0 aliphatic rings. The zero-order chi connectivity index (χ0) is 13.1. The van der Waals surface area contributed by atoms with E-state index in [0.717, 1.165) is 11.3 Å². The molecule has 3 aromatic rings. The van der Waals surface area contributed by atoms with Gasteiger partial charge in [-0.15, -0.1) is 0 Å². The molecule has 0 bridgehead atoms. The highest BCUT2D eigenvalue weighted by Crippen LogP contribution is 2.27. The van der Waals surface area contributed by atoms with Crippen molar-refractivity contribution in [1.29, 1.82) is 0 Å². The first-order valence-electron chi connectivity index (χ1n) is 6.10. The molecule has 0 amide bonds. The topological polar surface area (TPSA) is 63.8 Å². The number of benzene rings is 2. The fourth-order valence-corrected chi connectivity index (χ4v) is 2.30. The van der Waals surface area contributed by atoms with Crippen LogP contribution in [0.25, 0.3) is 10.8 Å². The third-order valence-electron chi connectivity index (χ3n) is 3.18. The van der Waals surface area contributed by atoms with Crippen molar-refractivity contribution in [3.05, 3.63) is 72.3 Å². The average molecular weight is 250 g/mol. The predicted molar refractivity (Wildman–Crippen MR) is 75.1 cm³/mol. The van der Waals surface area contributed by atoms with E-state index in [4.69, 9.17) is 5.84 Å². The summed E-state index contributed by atoms with van der Waals surface area (Å²) >= 11 is 0. The summed E-state index contributed by atoms with van der Waals surface area (Å²) in [6.07, 6.45) is 5.05. The summed E-state index contributed by atoms with van der Waals surface area (Å²) in [5.41, 5.74) is 4.73. The molecule has 3 N–H and O–H groups in total. The number of hydrazine groups is 1. The Kier molecular flexibility index (Phi) is 3.18. The summed E-state index contributed by atoms with van der Waals surface area (Å²) in [5.74, 6) is 5.71. The molecule has 4 heteroatoms. The molecule has 3 rings (SSSR count). The molecule has 19 heavy (non-hydrogen) atoms. The highest BCUT2D eigenvalue weighted by Gasteiger charge is 2.16.